The third-order valence-corrected chi connectivity index (χ3v) is 3.29. The molecule has 0 aliphatic carbocycles. The molecule has 0 bridgehead atoms. The zero-order chi connectivity index (χ0) is 14.4. The number of morpholine rings is 1. The molecular formula is C15H21NO4. The predicted molar refractivity (Wildman–Crippen MR) is 75.1 cm³/mol. The van der Waals surface area contributed by atoms with Crippen LogP contribution in [-0.4, -0.2) is 50.3 Å². The second-order valence-electron chi connectivity index (χ2n) is 4.63. The minimum absolute atomic E-state index is 0.0265. The first-order valence-corrected chi connectivity index (χ1v) is 6.92. The highest BCUT2D eigenvalue weighted by Gasteiger charge is 2.26. The zero-order valence-electron chi connectivity index (χ0n) is 12.0. The van der Waals surface area contributed by atoms with E-state index in [0.717, 1.165) is 5.75 Å². The Morgan fingerprint density at radius 1 is 1.35 bits per heavy atom. The van der Waals surface area contributed by atoms with Gasteiger partial charge in [-0.2, -0.15) is 0 Å². The average molecular weight is 279 g/mol. The van der Waals surface area contributed by atoms with E-state index in [-0.39, 0.29) is 5.91 Å². The fourth-order valence-electron chi connectivity index (χ4n) is 2.13. The Hall–Kier alpha value is -1.75. The highest BCUT2D eigenvalue weighted by atomic mass is 16.5. The molecule has 0 saturated carbocycles. The average Bonchev–Trinajstić information content (AvgIpc) is 2.53. The highest BCUT2D eigenvalue weighted by Crippen LogP contribution is 2.21. The summed E-state index contributed by atoms with van der Waals surface area (Å²) in [6.07, 6.45) is 0.174. The van der Waals surface area contributed by atoms with E-state index in [9.17, 15) is 4.79 Å². The van der Waals surface area contributed by atoms with E-state index in [1.54, 1.807) is 18.1 Å². The number of methoxy groups -OCH3 is 1. The molecule has 5 nitrogen and oxygen atoms in total. The van der Waals surface area contributed by atoms with Crippen LogP contribution in [0.15, 0.2) is 24.3 Å². The number of hydrogen-bond donors (Lipinski definition) is 0. The van der Waals surface area contributed by atoms with Gasteiger partial charge in [0.25, 0.3) is 5.91 Å². The van der Waals surface area contributed by atoms with Crippen LogP contribution in [0.25, 0.3) is 0 Å². The van der Waals surface area contributed by atoms with Crippen LogP contribution in [0.4, 0.5) is 0 Å². The van der Waals surface area contributed by atoms with Crippen LogP contribution in [0.2, 0.25) is 0 Å². The molecule has 0 radical (unpaired) electrons. The maximum Gasteiger partial charge on any atom is 0.263 e. The van der Waals surface area contributed by atoms with Gasteiger partial charge >= 0.3 is 0 Å². The topological polar surface area (TPSA) is 48.0 Å². The molecule has 5 heteroatoms. The SMILES string of the molecule is CC[C@H](Oc1cccc(OC)c1)C(=O)N1CCOCC1. The van der Waals surface area contributed by atoms with Crippen molar-refractivity contribution < 1.29 is 19.0 Å². The number of nitrogens with zero attached hydrogens (tertiary/aromatic N) is 1. The van der Waals surface area contributed by atoms with Crippen LogP contribution in [0.1, 0.15) is 13.3 Å². The number of carbonyl (C=O) groups is 1. The van der Waals surface area contributed by atoms with E-state index in [1.165, 1.54) is 0 Å². The maximum absolute atomic E-state index is 12.4. The molecule has 1 aliphatic heterocycles. The fraction of sp³-hybridized carbons (Fsp3) is 0.533. The van der Waals surface area contributed by atoms with E-state index >= 15 is 0 Å². The smallest absolute Gasteiger partial charge is 0.263 e. The summed E-state index contributed by atoms with van der Waals surface area (Å²) in [5.41, 5.74) is 0. The molecule has 110 valence electrons. The third-order valence-electron chi connectivity index (χ3n) is 3.29. The lowest BCUT2D eigenvalue weighted by molar-refractivity contribution is -0.142. The predicted octanol–water partition coefficient (Wildman–Crippen LogP) is 1.71. The molecule has 1 aromatic carbocycles. The van der Waals surface area contributed by atoms with Crippen molar-refractivity contribution in [3.63, 3.8) is 0 Å². The second kappa shape index (κ2) is 7.14. The molecule has 1 amide bonds. The number of ether oxygens (including phenoxy) is 3. The summed E-state index contributed by atoms with van der Waals surface area (Å²) in [4.78, 5) is 14.2. The third kappa shape index (κ3) is 3.63. The second-order valence-corrected chi connectivity index (χ2v) is 4.63. The standard InChI is InChI=1S/C15H21NO4/c1-3-14(15(17)16-7-9-19-10-8-16)20-13-6-4-5-12(11-13)18-2/h4-6,11,14H,3,7-10H2,1-2H3/t14-/m0/s1. The molecule has 1 atom stereocenters. The van der Waals surface area contributed by atoms with Crippen LogP contribution >= 0.6 is 0 Å². The van der Waals surface area contributed by atoms with Crippen molar-refractivity contribution in [2.75, 3.05) is 33.4 Å². The maximum atomic E-state index is 12.4. The summed E-state index contributed by atoms with van der Waals surface area (Å²) in [7, 11) is 1.61. The Kier molecular flexibility index (Phi) is 5.24. The van der Waals surface area contributed by atoms with Gasteiger partial charge in [-0.25, -0.2) is 0 Å². The molecule has 0 spiro atoms. The van der Waals surface area contributed by atoms with E-state index in [1.807, 2.05) is 25.1 Å². The quantitative estimate of drug-likeness (QED) is 0.823. The number of rotatable bonds is 5. The van der Waals surface area contributed by atoms with Gasteiger partial charge in [-0.1, -0.05) is 13.0 Å². The van der Waals surface area contributed by atoms with E-state index in [2.05, 4.69) is 0 Å². The molecule has 0 unspecified atom stereocenters. The van der Waals surface area contributed by atoms with Gasteiger partial charge in [0.2, 0.25) is 0 Å². The van der Waals surface area contributed by atoms with Gasteiger partial charge in [-0.15, -0.1) is 0 Å². The first-order chi connectivity index (χ1) is 9.74. The minimum atomic E-state index is -0.458. The van der Waals surface area contributed by atoms with Gasteiger partial charge < -0.3 is 19.1 Å². The van der Waals surface area contributed by atoms with Crippen LogP contribution < -0.4 is 9.47 Å². The first-order valence-electron chi connectivity index (χ1n) is 6.92. The van der Waals surface area contributed by atoms with Crippen LogP contribution in [0.3, 0.4) is 0 Å². The molecular weight excluding hydrogens is 258 g/mol. The van der Waals surface area contributed by atoms with E-state index in [4.69, 9.17) is 14.2 Å². The summed E-state index contributed by atoms with van der Waals surface area (Å²) in [6, 6.07) is 7.31. The fourth-order valence-corrected chi connectivity index (χ4v) is 2.13. The van der Waals surface area contributed by atoms with E-state index < -0.39 is 6.10 Å². The number of benzene rings is 1. The Bertz CT molecular complexity index is 443. The minimum Gasteiger partial charge on any atom is -0.497 e. The summed E-state index contributed by atoms with van der Waals surface area (Å²) < 4.78 is 16.2. The molecule has 0 N–H and O–H groups in total. The molecule has 1 aromatic rings. The molecule has 1 saturated heterocycles. The van der Waals surface area contributed by atoms with Crippen LogP contribution in [-0.2, 0) is 9.53 Å². The van der Waals surface area contributed by atoms with Gasteiger partial charge in [0.05, 0.1) is 20.3 Å². The molecule has 20 heavy (non-hydrogen) atoms. The Balaban J connectivity index is 2.01. The van der Waals surface area contributed by atoms with E-state index in [0.29, 0.717) is 38.5 Å². The number of carbonyl (C=O) groups excluding carboxylic acids is 1. The summed E-state index contributed by atoms with van der Waals surface area (Å²) in [6.45, 7) is 4.42. The van der Waals surface area contributed by atoms with Crippen molar-refractivity contribution in [3.8, 4) is 11.5 Å². The van der Waals surface area contributed by atoms with Crippen molar-refractivity contribution >= 4 is 5.91 Å². The molecule has 1 fully saturated rings. The Morgan fingerprint density at radius 3 is 2.70 bits per heavy atom. The largest absolute Gasteiger partial charge is 0.497 e. The molecule has 1 aliphatic rings. The van der Waals surface area contributed by atoms with Crippen molar-refractivity contribution in [1.82, 2.24) is 4.90 Å². The molecule has 0 aromatic heterocycles. The molecule has 2 rings (SSSR count). The van der Waals surface area contributed by atoms with Gasteiger partial charge in [0.15, 0.2) is 6.10 Å². The number of hydrogen-bond acceptors (Lipinski definition) is 4. The monoisotopic (exact) mass is 279 g/mol. The van der Waals surface area contributed by atoms with Crippen molar-refractivity contribution in [3.05, 3.63) is 24.3 Å². The van der Waals surface area contributed by atoms with Crippen molar-refractivity contribution in [2.24, 2.45) is 0 Å². The van der Waals surface area contributed by atoms with Gasteiger partial charge in [0.1, 0.15) is 11.5 Å². The Labute approximate surface area is 119 Å². The normalized spacial score (nSPS) is 16.6. The van der Waals surface area contributed by atoms with Gasteiger partial charge in [-0.3, -0.25) is 4.79 Å². The van der Waals surface area contributed by atoms with Crippen LogP contribution in [0, 0.1) is 0 Å². The Morgan fingerprint density at radius 2 is 2.05 bits per heavy atom. The highest BCUT2D eigenvalue weighted by molar-refractivity contribution is 5.81. The molecule has 1 heterocycles. The van der Waals surface area contributed by atoms with Gasteiger partial charge in [0, 0.05) is 19.2 Å². The number of amides is 1. The first kappa shape index (κ1) is 14.7. The lowest BCUT2D eigenvalue weighted by Crippen LogP contribution is -2.47. The zero-order valence-corrected chi connectivity index (χ0v) is 12.0. The van der Waals surface area contributed by atoms with Crippen molar-refractivity contribution in [1.29, 1.82) is 0 Å². The van der Waals surface area contributed by atoms with Gasteiger partial charge in [-0.05, 0) is 18.6 Å². The van der Waals surface area contributed by atoms with Crippen LogP contribution in [0.5, 0.6) is 11.5 Å². The lowest BCUT2D eigenvalue weighted by atomic mass is 10.2. The summed E-state index contributed by atoms with van der Waals surface area (Å²) >= 11 is 0. The summed E-state index contributed by atoms with van der Waals surface area (Å²) in [5, 5.41) is 0. The lowest BCUT2D eigenvalue weighted by Gasteiger charge is -2.30. The van der Waals surface area contributed by atoms with Crippen molar-refractivity contribution in [2.45, 2.75) is 19.4 Å². The summed E-state index contributed by atoms with van der Waals surface area (Å²) in [5.74, 6) is 1.40.